The highest BCUT2D eigenvalue weighted by Crippen LogP contribution is 2.16. The Bertz CT molecular complexity index is 370. The van der Waals surface area contributed by atoms with Crippen LogP contribution in [-0.2, 0) is 4.84 Å². The van der Waals surface area contributed by atoms with Crippen LogP contribution in [0.15, 0.2) is 17.3 Å². The number of hydrogen-bond donors (Lipinski definition) is 1. The highest BCUT2D eigenvalue weighted by Gasteiger charge is 2.00. The summed E-state index contributed by atoms with van der Waals surface area (Å²) in [5, 5.41) is 3.91. The highest BCUT2D eigenvalue weighted by atomic mass is 16.6. The number of nitrogens with two attached hydrogens (primary N) is 1. The van der Waals surface area contributed by atoms with Gasteiger partial charge in [-0.1, -0.05) is 5.16 Å². The van der Waals surface area contributed by atoms with Gasteiger partial charge in [-0.3, -0.25) is 0 Å². The van der Waals surface area contributed by atoms with Gasteiger partial charge in [0.25, 0.3) is 0 Å². The van der Waals surface area contributed by atoms with Crippen LogP contribution in [0.1, 0.15) is 30.5 Å². The monoisotopic (exact) mass is 206 g/mol. The molecule has 1 aromatic carbocycles. The van der Waals surface area contributed by atoms with Gasteiger partial charge in [0.2, 0.25) is 0 Å². The van der Waals surface area contributed by atoms with E-state index in [1.165, 1.54) is 0 Å². The second kappa shape index (κ2) is 4.82. The minimum Gasteiger partial charge on any atom is -0.399 e. The van der Waals surface area contributed by atoms with Crippen LogP contribution in [0.25, 0.3) is 0 Å². The van der Waals surface area contributed by atoms with E-state index in [-0.39, 0.29) is 6.10 Å². The van der Waals surface area contributed by atoms with Crippen molar-refractivity contribution in [2.24, 2.45) is 5.16 Å². The molecule has 3 nitrogen and oxygen atoms in total. The lowest BCUT2D eigenvalue weighted by Crippen LogP contribution is -1.98. The van der Waals surface area contributed by atoms with E-state index >= 15 is 0 Å². The molecule has 0 heterocycles. The van der Waals surface area contributed by atoms with Crippen LogP contribution in [0.3, 0.4) is 0 Å². The zero-order valence-corrected chi connectivity index (χ0v) is 9.74. The van der Waals surface area contributed by atoms with E-state index in [2.05, 4.69) is 5.16 Å². The number of benzene rings is 1. The summed E-state index contributed by atoms with van der Waals surface area (Å²) in [5.41, 5.74) is 9.82. The third-order valence-electron chi connectivity index (χ3n) is 2.12. The van der Waals surface area contributed by atoms with Crippen molar-refractivity contribution in [1.82, 2.24) is 0 Å². The lowest BCUT2D eigenvalue weighted by atomic mass is 10.1. The van der Waals surface area contributed by atoms with Crippen molar-refractivity contribution in [3.8, 4) is 0 Å². The minimum absolute atomic E-state index is 0.108. The van der Waals surface area contributed by atoms with Gasteiger partial charge >= 0.3 is 0 Å². The van der Waals surface area contributed by atoms with Crippen LogP contribution >= 0.6 is 0 Å². The molecule has 3 heteroatoms. The molecular formula is C12H18N2O. The summed E-state index contributed by atoms with van der Waals surface area (Å²) in [7, 11) is 0. The SMILES string of the molecule is Cc1cc(C=NOC(C)C)c(C)cc1N. The normalized spacial score (nSPS) is 11.3. The highest BCUT2D eigenvalue weighted by molar-refractivity contribution is 5.82. The maximum Gasteiger partial charge on any atom is 0.122 e. The lowest BCUT2D eigenvalue weighted by Gasteiger charge is -2.06. The molecule has 0 aliphatic carbocycles. The first kappa shape index (κ1) is 11.6. The van der Waals surface area contributed by atoms with Gasteiger partial charge in [0.1, 0.15) is 6.10 Å². The van der Waals surface area contributed by atoms with Gasteiger partial charge in [-0.25, -0.2) is 0 Å². The zero-order valence-electron chi connectivity index (χ0n) is 9.74. The molecule has 0 aliphatic rings. The fourth-order valence-electron chi connectivity index (χ4n) is 1.21. The molecule has 0 unspecified atom stereocenters. The molecule has 0 radical (unpaired) electrons. The van der Waals surface area contributed by atoms with Crippen molar-refractivity contribution in [1.29, 1.82) is 0 Å². The van der Waals surface area contributed by atoms with Crippen LogP contribution < -0.4 is 5.73 Å². The first-order chi connectivity index (χ1) is 7.00. The molecule has 0 aromatic heterocycles. The Kier molecular flexibility index (Phi) is 3.72. The van der Waals surface area contributed by atoms with E-state index in [0.717, 1.165) is 22.4 Å². The first-order valence-corrected chi connectivity index (χ1v) is 5.06. The summed E-state index contributed by atoms with van der Waals surface area (Å²) >= 11 is 0. The van der Waals surface area contributed by atoms with Crippen LogP contribution in [0.2, 0.25) is 0 Å². The van der Waals surface area contributed by atoms with Gasteiger partial charge in [0.15, 0.2) is 0 Å². The summed E-state index contributed by atoms with van der Waals surface area (Å²) in [6, 6.07) is 3.96. The largest absolute Gasteiger partial charge is 0.399 e. The van der Waals surface area contributed by atoms with E-state index in [9.17, 15) is 0 Å². The van der Waals surface area contributed by atoms with Crippen molar-refractivity contribution in [3.63, 3.8) is 0 Å². The molecule has 0 atom stereocenters. The van der Waals surface area contributed by atoms with E-state index in [4.69, 9.17) is 10.6 Å². The Hall–Kier alpha value is -1.51. The standard InChI is InChI=1S/C12H18N2O/c1-8(2)15-14-7-11-5-10(4)12(13)6-9(11)3/h5-8H,13H2,1-4H3. The number of rotatable bonds is 3. The average Bonchev–Trinajstić information content (AvgIpc) is 2.13. The van der Waals surface area contributed by atoms with Gasteiger partial charge in [-0.15, -0.1) is 0 Å². The van der Waals surface area contributed by atoms with E-state index in [0.29, 0.717) is 0 Å². The van der Waals surface area contributed by atoms with E-state index in [1.807, 2.05) is 39.8 Å². The molecule has 0 saturated carbocycles. The van der Waals surface area contributed by atoms with Gasteiger partial charge in [-0.05, 0) is 56.5 Å². The van der Waals surface area contributed by atoms with Gasteiger partial charge in [0.05, 0.1) is 6.21 Å². The van der Waals surface area contributed by atoms with Gasteiger partial charge < -0.3 is 10.6 Å². The Morgan fingerprint density at radius 1 is 1.27 bits per heavy atom. The Balaban J connectivity index is 2.86. The van der Waals surface area contributed by atoms with Crippen LogP contribution in [0.5, 0.6) is 0 Å². The fraction of sp³-hybridized carbons (Fsp3) is 0.417. The van der Waals surface area contributed by atoms with Crippen LogP contribution in [0, 0.1) is 13.8 Å². The molecule has 82 valence electrons. The fourth-order valence-corrected chi connectivity index (χ4v) is 1.21. The molecule has 0 fully saturated rings. The third-order valence-corrected chi connectivity index (χ3v) is 2.12. The number of nitrogens with zero attached hydrogens (tertiary/aromatic N) is 1. The van der Waals surface area contributed by atoms with Crippen molar-refractivity contribution in [2.75, 3.05) is 5.73 Å². The molecule has 0 saturated heterocycles. The number of hydrogen-bond acceptors (Lipinski definition) is 3. The predicted octanol–water partition coefficient (Wildman–Crippen LogP) is 2.64. The molecular weight excluding hydrogens is 188 g/mol. The number of anilines is 1. The molecule has 1 rings (SSSR count). The minimum atomic E-state index is 0.108. The molecule has 0 aliphatic heterocycles. The second-order valence-corrected chi connectivity index (χ2v) is 3.95. The smallest absolute Gasteiger partial charge is 0.122 e. The summed E-state index contributed by atoms with van der Waals surface area (Å²) in [6.07, 6.45) is 1.83. The summed E-state index contributed by atoms with van der Waals surface area (Å²) in [4.78, 5) is 5.11. The molecule has 0 bridgehead atoms. The van der Waals surface area contributed by atoms with Gasteiger partial charge in [-0.2, -0.15) is 0 Å². The number of aryl methyl sites for hydroxylation is 2. The van der Waals surface area contributed by atoms with Crippen molar-refractivity contribution in [2.45, 2.75) is 33.8 Å². The van der Waals surface area contributed by atoms with E-state index in [1.54, 1.807) is 6.21 Å². The zero-order chi connectivity index (χ0) is 11.4. The van der Waals surface area contributed by atoms with Crippen molar-refractivity contribution >= 4 is 11.9 Å². The van der Waals surface area contributed by atoms with Crippen LogP contribution in [-0.4, -0.2) is 12.3 Å². The Morgan fingerprint density at radius 3 is 2.53 bits per heavy atom. The Labute approximate surface area is 90.9 Å². The van der Waals surface area contributed by atoms with E-state index < -0.39 is 0 Å². The van der Waals surface area contributed by atoms with Crippen molar-refractivity contribution in [3.05, 3.63) is 28.8 Å². The number of nitrogen functional groups attached to an aromatic ring is 1. The maximum atomic E-state index is 5.79. The maximum absolute atomic E-state index is 5.79. The summed E-state index contributed by atoms with van der Waals surface area (Å²) < 4.78 is 0. The molecule has 2 N–H and O–H groups in total. The number of oxime groups is 1. The predicted molar refractivity (Wildman–Crippen MR) is 64.1 cm³/mol. The van der Waals surface area contributed by atoms with Crippen LogP contribution in [0.4, 0.5) is 5.69 Å². The second-order valence-electron chi connectivity index (χ2n) is 3.95. The molecule has 15 heavy (non-hydrogen) atoms. The summed E-state index contributed by atoms with van der Waals surface area (Å²) in [6.45, 7) is 7.87. The molecule has 0 amide bonds. The lowest BCUT2D eigenvalue weighted by molar-refractivity contribution is 0.0873. The molecule has 1 aromatic rings. The third kappa shape index (κ3) is 3.27. The molecule has 0 spiro atoms. The first-order valence-electron chi connectivity index (χ1n) is 5.06. The average molecular weight is 206 g/mol. The van der Waals surface area contributed by atoms with Gasteiger partial charge in [0, 0.05) is 5.69 Å². The summed E-state index contributed by atoms with van der Waals surface area (Å²) in [5.74, 6) is 0. The topological polar surface area (TPSA) is 47.6 Å². The quantitative estimate of drug-likeness (QED) is 0.469. The van der Waals surface area contributed by atoms with Crippen molar-refractivity contribution < 1.29 is 4.84 Å². The Morgan fingerprint density at radius 2 is 1.93 bits per heavy atom.